The van der Waals surface area contributed by atoms with Crippen LogP contribution in [0.3, 0.4) is 0 Å². The molecule has 0 saturated heterocycles. The molecule has 0 fully saturated rings. The van der Waals surface area contributed by atoms with Crippen LogP contribution in [0.1, 0.15) is 25.3 Å². The van der Waals surface area contributed by atoms with Crippen LogP contribution in [0.15, 0.2) is 42.7 Å². The first kappa shape index (κ1) is 11.9. The van der Waals surface area contributed by atoms with Gasteiger partial charge in [0.2, 0.25) is 0 Å². The number of nitrogens with zero attached hydrogens (tertiary/aromatic N) is 3. The number of hydrogen-bond acceptors (Lipinski definition) is 2. The lowest BCUT2D eigenvalue weighted by molar-refractivity contribution is 0.768. The molecule has 3 rings (SSSR count). The van der Waals surface area contributed by atoms with Crippen LogP contribution in [0.25, 0.3) is 22.2 Å². The minimum absolute atomic E-state index is 0.509. The molecule has 3 heteroatoms. The van der Waals surface area contributed by atoms with Crippen molar-refractivity contribution in [2.45, 2.75) is 19.8 Å². The smallest absolute Gasteiger partial charge is 0.0741 e. The molecule has 0 bridgehead atoms. The van der Waals surface area contributed by atoms with E-state index in [0.29, 0.717) is 5.92 Å². The summed E-state index contributed by atoms with van der Waals surface area (Å²) >= 11 is 0. The number of rotatable bonds is 2. The maximum atomic E-state index is 4.75. The standard InChI is InChI=1S/C16H17N3/c1-11(2)13-5-4-6-16-14(13)7-8-15(18-16)12-9-17-19(3)10-12/h4-11H,1-3H3. The normalized spacial score (nSPS) is 11.4. The van der Waals surface area contributed by atoms with Gasteiger partial charge in [-0.25, -0.2) is 4.98 Å². The molecule has 0 N–H and O–H groups in total. The summed E-state index contributed by atoms with van der Waals surface area (Å²) in [6, 6.07) is 10.6. The molecule has 0 saturated carbocycles. The van der Waals surface area contributed by atoms with Gasteiger partial charge in [-0.1, -0.05) is 32.0 Å². The summed E-state index contributed by atoms with van der Waals surface area (Å²) in [5, 5.41) is 5.44. The zero-order valence-corrected chi connectivity index (χ0v) is 11.5. The van der Waals surface area contributed by atoms with Gasteiger partial charge >= 0.3 is 0 Å². The molecular weight excluding hydrogens is 234 g/mol. The Morgan fingerprint density at radius 2 is 1.95 bits per heavy atom. The monoisotopic (exact) mass is 251 g/mol. The summed E-state index contributed by atoms with van der Waals surface area (Å²) in [6.45, 7) is 4.42. The Morgan fingerprint density at radius 1 is 1.11 bits per heavy atom. The molecule has 96 valence electrons. The maximum Gasteiger partial charge on any atom is 0.0741 e. The minimum atomic E-state index is 0.509. The van der Waals surface area contributed by atoms with Crippen molar-refractivity contribution in [2.24, 2.45) is 7.05 Å². The van der Waals surface area contributed by atoms with Gasteiger partial charge in [0.15, 0.2) is 0 Å². The Morgan fingerprint density at radius 3 is 2.63 bits per heavy atom. The predicted octanol–water partition coefficient (Wildman–Crippen LogP) is 3.76. The van der Waals surface area contributed by atoms with E-state index < -0.39 is 0 Å². The summed E-state index contributed by atoms with van der Waals surface area (Å²) in [4.78, 5) is 4.75. The molecule has 2 aromatic heterocycles. The quantitative estimate of drug-likeness (QED) is 0.694. The van der Waals surface area contributed by atoms with E-state index in [2.05, 4.69) is 49.3 Å². The molecule has 0 aliphatic heterocycles. The summed E-state index contributed by atoms with van der Waals surface area (Å²) < 4.78 is 1.80. The van der Waals surface area contributed by atoms with E-state index in [9.17, 15) is 0 Å². The summed E-state index contributed by atoms with van der Waals surface area (Å²) in [5.41, 5.74) is 4.43. The first-order chi connectivity index (χ1) is 9.15. The summed E-state index contributed by atoms with van der Waals surface area (Å²) in [5.74, 6) is 0.509. The maximum absolute atomic E-state index is 4.75. The molecule has 3 nitrogen and oxygen atoms in total. The fraction of sp³-hybridized carbons (Fsp3) is 0.250. The predicted molar refractivity (Wildman–Crippen MR) is 78.0 cm³/mol. The largest absolute Gasteiger partial charge is 0.275 e. The highest BCUT2D eigenvalue weighted by molar-refractivity contribution is 5.85. The highest BCUT2D eigenvalue weighted by Gasteiger charge is 2.08. The molecule has 2 heterocycles. The van der Waals surface area contributed by atoms with Crippen molar-refractivity contribution in [2.75, 3.05) is 0 Å². The van der Waals surface area contributed by atoms with Crippen LogP contribution in [0.4, 0.5) is 0 Å². The van der Waals surface area contributed by atoms with E-state index in [4.69, 9.17) is 4.98 Å². The van der Waals surface area contributed by atoms with Crippen molar-refractivity contribution in [1.82, 2.24) is 14.8 Å². The van der Waals surface area contributed by atoms with E-state index in [1.165, 1.54) is 10.9 Å². The van der Waals surface area contributed by atoms with Gasteiger partial charge in [-0.05, 0) is 23.6 Å². The van der Waals surface area contributed by atoms with Crippen LogP contribution in [0, 0.1) is 0 Å². The molecule has 3 aromatic rings. The van der Waals surface area contributed by atoms with Gasteiger partial charge in [0.25, 0.3) is 0 Å². The number of benzene rings is 1. The minimum Gasteiger partial charge on any atom is -0.275 e. The van der Waals surface area contributed by atoms with E-state index in [-0.39, 0.29) is 0 Å². The van der Waals surface area contributed by atoms with Gasteiger partial charge in [0, 0.05) is 24.2 Å². The van der Waals surface area contributed by atoms with Crippen LogP contribution in [-0.4, -0.2) is 14.8 Å². The molecule has 0 unspecified atom stereocenters. The topological polar surface area (TPSA) is 30.7 Å². The van der Waals surface area contributed by atoms with Gasteiger partial charge in [-0.3, -0.25) is 4.68 Å². The van der Waals surface area contributed by atoms with E-state index in [1.807, 2.05) is 19.4 Å². The van der Waals surface area contributed by atoms with Gasteiger partial charge < -0.3 is 0 Å². The lowest BCUT2D eigenvalue weighted by Crippen LogP contribution is -1.91. The Labute approximate surface area is 112 Å². The van der Waals surface area contributed by atoms with Crippen LogP contribution < -0.4 is 0 Å². The lowest BCUT2D eigenvalue weighted by atomic mass is 9.98. The molecule has 0 radical (unpaired) electrons. The van der Waals surface area contributed by atoms with E-state index in [0.717, 1.165) is 16.8 Å². The molecule has 0 aliphatic carbocycles. The third kappa shape index (κ3) is 2.12. The molecule has 0 aliphatic rings. The summed E-state index contributed by atoms with van der Waals surface area (Å²) in [6.07, 6.45) is 3.83. The van der Waals surface area contributed by atoms with Gasteiger partial charge in [0.05, 0.1) is 17.4 Å². The van der Waals surface area contributed by atoms with Crippen LogP contribution in [0.5, 0.6) is 0 Å². The Kier molecular flexibility index (Phi) is 2.82. The second-order valence-electron chi connectivity index (χ2n) is 5.17. The fourth-order valence-electron chi connectivity index (χ4n) is 2.40. The first-order valence-corrected chi connectivity index (χ1v) is 6.54. The van der Waals surface area contributed by atoms with Crippen molar-refractivity contribution in [3.8, 4) is 11.3 Å². The summed E-state index contributed by atoms with van der Waals surface area (Å²) in [7, 11) is 1.92. The highest BCUT2D eigenvalue weighted by Crippen LogP contribution is 2.26. The van der Waals surface area contributed by atoms with Gasteiger partial charge in [-0.2, -0.15) is 5.10 Å². The van der Waals surface area contributed by atoms with Crippen molar-refractivity contribution in [3.05, 3.63) is 48.3 Å². The average Bonchev–Trinajstić information content (AvgIpc) is 2.84. The average molecular weight is 251 g/mol. The first-order valence-electron chi connectivity index (χ1n) is 6.54. The van der Waals surface area contributed by atoms with Crippen LogP contribution in [-0.2, 0) is 7.05 Å². The Bertz CT molecular complexity index is 726. The van der Waals surface area contributed by atoms with E-state index >= 15 is 0 Å². The third-order valence-electron chi connectivity index (χ3n) is 3.39. The molecule has 0 spiro atoms. The SMILES string of the molecule is CC(C)c1cccc2nc(-c3cnn(C)c3)ccc12. The second-order valence-corrected chi connectivity index (χ2v) is 5.17. The van der Waals surface area contributed by atoms with Crippen molar-refractivity contribution < 1.29 is 0 Å². The third-order valence-corrected chi connectivity index (χ3v) is 3.39. The molecule has 1 aromatic carbocycles. The zero-order chi connectivity index (χ0) is 13.4. The number of pyridine rings is 1. The molecular formula is C16H17N3. The van der Waals surface area contributed by atoms with Crippen molar-refractivity contribution in [1.29, 1.82) is 0 Å². The Balaban J connectivity index is 2.17. The molecule has 0 atom stereocenters. The fourth-order valence-corrected chi connectivity index (χ4v) is 2.40. The number of aromatic nitrogens is 3. The second kappa shape index (κ2) is 4.50. The molecule has 19 heavy (non-hydrogen) atoms. The Hall–Kier alpha value is -2.16. The van der Waals surface area contributed by atoms with Crippen LogP contribution >= 0.6 is 0 Å². The number of aryl methyl sites for hydroxylation is 1. The number of fused-ring (bicyclic) bond motifs is 1. The molecule has 0 amide bonds. The zero-order valence-electron chi connectivity index (χ0n) is 11.5. The van der Waals surface area contributed by atoms with Gasteiger partial charge in [-0.15, -0.1) is 0 Å². The van der Waals surface area contributed by atoms with E-state index in [1.54, 1.807) is 4.68 Å². The van der Waals surface area contributed by atoms with Crippen molar-refractivity contribution >= 4 is 10.9 Å². The van der Waals surface area contributed by atoms with Gasteiger partial charge in [0.1, 0.15) is 0 Å². The lowest BCUT2D eigenvalue weighted by Gasteiger charge is -2.10. The highest BCUT2D eigenvalue weighted by atomic mass is 15.2. The van der Waals surface area contributed by atoms with Crippen molar-refractivity contribution in [3.63, 3.8) is 0 Å². The number of hydrogen-bond donors (Lipinski definition) is 0. The van der Waals surface area contributed by atoms with Crippen LogP contribution in [0.2, 0.25) is 0 Å².